The first-order valence-corrected chi connectivity index (χ1v) is 5.91. The molecule has 4 heteroatoms. The molecule has 0 aliphatic carbocycles. The molecule has 102 valence electrons. The summed E-state index contributed by atoms with van der Waals surface area (Å²) in [4.78, 5) is 11.8. The van der Waals surface area contributed by atoms with Crippen molar-refractivity contribution in [1.82, 2.24) is 0 Å². The maximum Gasteiger partial charge on any atom is 0.185 e. The number of halogens is 2. The van der Waals surface area contributed by atoms with E-state index in [1.807, 2.05) is 0 Å². The molecule has 0 saturated heterocycles. The van der Waals surface area contributed by atoms with Crippen LogP contribution < -0.4 is 4.74 Å². The summed E-state index contributed by atoms with van der Waals surface area (Å²) in [5.74, 6) is -1.68. The zero-order valence-electron chi connectivity index (χ0n) is 10.8. The van der Waals surface area contributed by atoms with Gasteiger partial charge in [-0.25, -0.2) is 8.78 Å². The maximum atomic E-state index is 13.0. The van der Waals surface area contributed by atoms with Gasteiger partial charge in [-0.1, -0.05) is 18.2 Å². The van der Waals surface area contributed by atoms with E-state index < -0.39 is 11.6 Å². The summed E-state index contributed by atoms with van der Waals surface area (Å²) in [6.07, 6.45) is 2.91. The second-order valence-electron chi connectivity index (χ2n) is 4.10. The second-order valence-corrected chi connectivity index (χ2v) is 4.10. The number of ketones is 1. The van der Waals surface area contributed by atoms with Crippen LogP contribution in [0.1, 0.15) is 15.9 Å². The topological polar surface area (TPSA) is 26.3 Å². The molecule has 0 fully saturated rings. The van der Waals surface area contributed by atoms with Crippen LogP contribution in [0.3, 0.4) is 0 Å². The highest BCUT2D eigenvalue weighted by Gasteiger charge is 2.06. The van der Waals surface area contributed by atoms with Crippen molar-refractivity contribution in [2.45, 2.75) is 0 Å². The van der Waals surface area contributed by atoms with Gasteiger partial charge in [-0.15, -0.1) is 0 Å². The molecular weight excluding hydrogens is 262 g/mol. The van der Waals surface area contributed by atoms with Crippen LogP contribution in [0.5, 0.6) is 5.75 Å². The smallest absolute Gasteiger partial charge is 0.185 e. The average Bonchev–Trinajstić information content (AvgIpc) is 2.48. The summed E-state index contributed by atoms with van der Waals surface area (Å²) >= 11 is 0. The quantitative estimate of drug-likeness (QED) is 0.625. The van der Waals surface area contributed by atoms with E-state index in [9.17, 15) is 13.6 Å². The molecule has 0 unspecified atom stereocenters. The Labute approximate surface area is 115 Å². The molecular formula is C16H12F2O2. The Balaban J connectivity index is 2.13. The van der Waals surface area contributed by atoms with Gasteiger partial charge in [0.25, 0.3) is 0 Å². The van der Waals surface area contributed by atoms with Crippen molar-refractivity contribution >= 4 is 11.9 Å². The first kappa shape index (κ1) is 13.9. The Morgan fingerprint density at radius 3 is 2.35 bits per heavy atom. The highest BCUT2D eigenvalue weighted by Crippen LogP contribution is 2.14. The molecule has 0 aromatic heterocycles. The molecule has 0 saturated carbocycles. The average molecular weight is 274 g/mol. The highest BCUT2D eigenvalue weighted by molar-refractivity contribution is 6.06. The van der Waals surface area contributed by atoms with Crippen molar-refractivity contribution in [2.75, 3.05) is 7.11 Å². The molecule has 2 nitrogen and oxygen atoms in total. The van der Waals surface area contributed by atoms with Crippen molar-refractivity contribution in [3.05, 3.63) is 71.3 Å². The molecule has 0 aliphatic heterocycles. The summed E-state index contributed by atoms with van der Waals surface area (Å²) < 4.78 is 30.8. The minimum Gasteiger partial charge on any atom is -0.497 e. The van der Waals surface area contributed by atoms with E-state index in [1.54, 1.807) is 37.5 Å². The SMILES string of the molecule is COc1ccc(/C=C/C(=O)c2ccc(F)c(F)c2)cc1. The number of carbonyl (C=O) groups is 1. The van der Waals surface area contributed by atoms with E-state index in [-0.39, 0.29) is 11.3 Å². The molecule has 2 aromatic carbocycles. The normalized spacial score (nSPS) is 10.8. The van der Waals surface area contributed by atoms with Gasteiger partial charge in [-0.05, 0) is 42.0 Å². The van der Waals surface area contributed by atoms with Gasteiger partial charge in [-0.3, -0.25) is 4.79 Å². The molecule has 2 aromatic rings. The number of rotatable bonds is 4. The lowest BCUT2D eigenvalue weighted by Gasteiger charge is -1.99. The van der Waals surface area contributed by atoms with E-state index in [2.05, 4.69) is 0 Å². The van der Waals surface area contributed by atoms with Gasteiger partial charge in [0.05, 0.1) is 7.11 Å². The van der Waals surface area contributed by atoms with Crippen molar-refractivity contribution in [3.63, 3.8) is 0 Å². The molecule has 0 aliphatic rings. The van der Waals surface area contributed by atoms with Gasteiger partial charge in [0.2, 0.25) is 0 Å². The first-order chi connectivity index (χ1) is 9.60. The number of allylic oxidation sites excluding steroid dienone is 1. The van der Waals surface area contributed by atoms with E-state index in [0.717, 1.165) is 17.7 Å². The predicted molar refractivity (Wildman–Crippen MR) is 72.7 cm³/mol. The van der Waals surface area contributed by atoms with Crippen LogP contribution >= 0.6 is 0 Å². The van der Waals surface area contributed by atoms with Crippen molar-refractivity contribution in [3.8, 4) is 5.75 Å². The zero-order chi connectivity index (χ0) is 14.5. The monoisotopic (exact) mass is 274 g/mol. The third-order valence-electron chi connectivity index (χ3n) is 2.75. The minimum atomic E-state index is -1.03. The van der Waals surface area contributed by atoms with E-state index >= 15 is 0 Å². The van der Waals surface area contributed by atoms with Crippen LogP contribution in [-0.4, -0.2) is 12.9 Å². The van der Waals surface area contributed by atoms with Gasteiger partial charge in [0.1, 0.15) is 5.75 Å². The number of carbonyl (C=O) groups excluding carboxylic acids is 1. The molecule has 0 bridgehead atoms. The molecule has 0 spiro atoms. The van der Waals surface area contributed by atoms with Crippen LogP contribution in [0.2, 0.25) is 0 Å². The summed E-state index contributed by atoms with van der Waals surface area (Å²) in [5, 5.41) is 0. The van der Waals surface area contributed by atoms with Gasteiger partial charge in [0, 0.05) is 5.56 Å². The Bertz CT molecular complexity index is 646. The van der Waals surface area contributed by atoms with E-state index in [1.165, 1.54) is 12.1 Å². The summed E-state index contributed by atoms with van der Waals surface area (Å²) in [5.41, 5.74) is 0.912. The fourth-order valence-electron chi connectivity index (χ4n) is 1.63. The van der Waals surface area contributed by atoms with Crippen molar-refractivity contribution < 1.29 is 18.3 Å². The van der Waals surface area contributed by atoms with Crippen LogP contribution in [0, 0.1) is 11.6 Å². The predicted octanol–water partition coefficient (Wildman–Crippen LogP) is 3.87. The zero-order valence-corrected chi connectivity index (χ0v) is 10.8. The minimum absolute atomic E-state index is 0.105. The Kier molecular flexibility index (Phi) is 4.25. The van der Waals surface area contributed by atoms with Crippen molar-refractivity contribution in [1.29, 1.82) is 0 Å². The number of ether oxygens (including phenoxy) is 1. The molecule has 2 rings (SSSR count). The van der Waals surface area contributed by atoms with Crippen LogP contribution in [0.15, 0.2) is 48.5 Å². The summed E-state index contributed by atoms with van der Waals surface area (Å²) in [6.45, 7) is 0. The summed E-state index contributed by atoms with van der Waals surface area (Å²) in [6, 6.07) is 10.2. The van der Waals surface area contributed by atoms with E-state index in [4.69, 9.17) is 4.74 Å². The second kappa shape index (κ2) is 6.10. The standard InChI is InChI=1S/C16H12F2O2/c1-20-13-6-2-11(3-7-13)4-9-16(19)12-5-8-14(17)15(18)10-12/h2-10H,1H3/b9-4+. The number of methoxy groups -OCH3 is 1. The van der Waals surface area contributed by atoms with Crippen LogP contribution in [0.4, 0.5) is 8.78 Å². The lowest BCUT2D eigenvalue weighted by molar-refractivity contribution is 0.104. The largest absolute Gasteiger partial charge is 0.497 e. The number of hydrogen-bond acceptors (Lipinski definition) is 2. The van der Waals surface area contributed by atoms with Crippen molar-refractivity contribution in [2.24, 2.45) is 0 Å². The third-order valence-corrected chi connectivity index (χ3v) is 2.75. The Morgan fingerprint density at radius 1 is 1.05 bits per heavy atom. The van der Waals surface area contributed by atoms with Gasteiger partial charge in [-0.2, -0.15) is 0 Å². The Hall–Kier alpha value is -2.49. The van der Waals surface area contributed by atoms with Crippen LogP contribution in [0.25, 0.3) is 6.08 Å². The molecule has 20 heavy (non-hydrogen) atoms. The fraction of sp³-hybridized carbons (Fsp3) is 0.0625. The van der Waals surface area contributed by atoms with Gasteiger partial charge in [0.15, 0.2) is 17.4 Å². The maximum absolute atomic E-state index is 13.0. The molecule has 0 radical (unpaired) electrons. The van der Waals surface area contributed by atoms with Gasteiger partial charge < -0.3 is 4.74 Å². The first-order valence-electron chi connectivity index (χ1n) is 5.91. The number of benzene rings is 2. The Morgan fingerprint density at radius 2 is 1.75 bits per heavy atom. The number of hydrogen-bond donors (Lipinski definition) is 0. The van der Waals surface area contributed by atoms with Crippen LogP contribution in [-0.2, 0) is 0 Å². The van der Waals surface area contributed by atoms with Gasteiger partial charge >= 0.3 is 0 Å². The fourth-order valence-corrected chi connectivity index (χ4v) is 1.63. The summed E-state index contributed by atoms with van der Waals surface area (Å²) in [7, 11) is 1.57. The third kappa shape index (κ3) is 3.29. The lowest BCUT2D eigenvalue weighted by atomic mass is 10.1. The molecule has 0 heterocycles. The molecule has 0 atom stereocenters. The molecule has 0 amide bonds. The lowest BCUT2D eigenvalue weighted by Crippen LogP contribution is -1.96. The molecule has 0 N–H and O–H groups in total. The van der Waals surface area contributed by atoms with E-state index in [0.29, 0.717) is 5.75 Å². The highest BCUT2D eigenvalue weighted by atomic mass is 19.2.